The quantitative estimate of drug-likeness (QED) is 0.869. The van der Waals surface area contributed by atoms with Crippen molar-refractivity contribution in [1.82, 2.24) is 0 Å². The SMILES string of the molecule is COc1ccc(C(O)CNc2cc(Br)ccc2C#N)cc1. The van der Waals surface area contributed by atoms with Crippen molar-refractivity contribution in [2.75, 3.05) is 19.0 Å². The standard InChI is InChI=1S/C16H15BrN2O2/c1-21-14-6-3-11(4-7-14)16(20)10-19-15-8-13(17)5-2-12(15)9-18/h2-8,16,19-20H,10H2,1H3. The van der Waals surface area contributed by atoms with Crippen LogP contribution in [0.25, 0.3) is 0 Å². The first-order valence-electron chi connectivity index (χ1n) is 6.39. The fraction of sp³-hybridized carbons (Fsp3) is 0.188. The summed E-state index contributed by atoms with van der Waals surface area (Å²) in [5.41, 5.74) is 2.02. The largest absolute Gasteiger partial charge is 0.497 e. The van der Waals surface area contributed by atoms with Gasteiger partial charge in [-0.25, -0.2) is 0 Å². The molecule has 1 atom stereocenters. The van der Waals surface area contributed by atoms with Crippen molar-refractivity contribution in [1.29, 1.82) is 5.26 Å². The van der Waals surface area contributed by atoms with Gasteiger partial charge in [-0.15, -0.1) is 0 Å². The zero-order chi connectivity index (χ0) is 15.2. The number of anilines is 1. The number of hydrogen-bond acceptors (Lipinski definition) is 4. The second kappa shape index (κ2) is 7.11. The summed E-state index contributed by atoms with van der Waals surface area (Å²) >= 11 is 3.37. The minimum absolute atomic E-state index is 0.317. The van der Waals surface area contributed by atoms with Crippen molar-refractivity contribution in [2.45, 2.75) is 6.10 Å². The molecule has 21 heavy (non-hydrogen) atoms. The van der Waals surface area contributed by atoms with Crippen LogP contribution >= 0.6 is 15.9 Å². The lowest BCUT2D eigenvalue weighted by atomic mass is 10.1. The predicted molar refractivity (Wildman–Crippen MR) is 85.3 cm³/mol. The van der Waals surface area contributed by atoms with Gasteiger partial charge in [0.2, 0.25) is 0 Å². The summed E-state index contributed by atoms with van der Waals surface area (Å²) in [6.07, 6.45) is -0.665. The Kier molecular flexibility index (Phi) is 5.20. The number of aliphatic hydroxyl groups excluding tert-OH is 1. The molecule has 0 bridgehead atoms. The van der Waals surface area contributed by atoms with E-state index >= 15 is 0 Å². The zero-order valence-corrected chi connectivity index (χ0v) is 13.1. The minimum atomic E-state index is -0.665. The van der Waals surface area contributed by atoms with Gasteiger partial charge in [0.05, 0.1) is 24.5 Å². The molecule has 0 aromatic heterocycles. The van der Waals surface area contributed by atoms with E-state index in [9.17, 15) is 5.11 Å². The summed E-state index contributed by atoms with van der Waals surface area (Å²) in [6.45, 7) is 0.317. The van der Waals surface area contributed by atoms with Gasteiger partial charge in [-0.3, -0.25) is 0 Å². The summed E-state index contributed by atoms with van der Waals surface area (Å²) < 4.78 is 5.96. The Labute approximate surface area is 132 Å². The van der Waals surface area contributed by atoms with Crippen LogP contribution < -0.4 is 10.1 Å². The van der Waals surface area contributed by atoms with Crippen molar-refractivity contribution in [3.63, 3.8) is 0 Å². The molecule has 1 unspecified atom stereocenters. The maximum absolute atomic E-state index is 10.2. The fourth-order valence-corrected chi connectivity index (χ4v) is 2.27. The van der Waals surface area contributed by atoms with E-state index in [0.29, 0.717) is 17.8 Å². The Hall–Kier alpha value is -2.03. The summed E-state index contributed by atoms with van der Waals surface area (Å²) in [4.78, 5) is 0. The summed E-state index contributed by atoms with van der Waals surface area (Å²) in [6, 6.07) is 14.7. The van der Waals surface area contributed by atoms with Crippen LogP contribution in [-0.4, -0.2) is 18.8 Å². The van der Waals surface area contributed by atoms with Gasteiger partial charge in [0, 0.05) is 11.0 Å². The first kappa shape index (κ1) is 15.4. The molecule has 0 saturated carbocycles. The van der Waals surface area contributed by atoms with Crippen LogP contribution in [0.15, 0.2) is 46.9 Å². The van der Waals surface area contributed by atoms with E-state index in [1.807, 2.05) is 24.3 Å². The average Bonchev–Trinajstić information content (AvgIpc) is 2.52. The molecule has 0 radical (unpaired) electrons. The van der Waals surface area contributed by atoms with Gasteiger partial charge < -0.3 is 15.2 Å². The Bertz CT molecular complexity index is 650. The van der Waals surface area contributed by atoms with E-state index in [1.165, 1.54) is 0 Å². The summed E-state index contributed by atoms with van der Waals surface area (Å²) in [5, 5.41) is 22.3. The van der Waals surface area contributed by atoms with Crippen LogP contribution in [0.4, 0.5) is 5.69 Å². The van der Waals surface area contributed by atoms with Gasteiger partial charge in [-0.2, -0.15) is 5.26 Å². The number of ether oxygens (including phenoxy) is 1. The topological polar surface area (TPSA) is 65.3 Å². The smallest absolute Gasteiger partial charge is 0.118 e. The van der Waals surface area contributed by atoms with Crippen molar-refractivity contribution in [3.8, 4) is 11.8 Å². The Morgan fingerprint density at radius 1 is 1.29 bits per heavy atom. The maximum Gasteiger partial charge on any atom is 0.118 e. The van der Waals surface area contributed by atoms with Gasteiger partial charge in [0.25, 0.3) is 0 Å². The monoisotopic (exact) mass is 346 g/mol. The van der Waals surface area contributed by atoms with E-state index in [0.717, 1.165) is 15.8 Å². The molecular weight excluding hydrogens is 332 g/mol. The molecule has 0 fully saturated rings. The van der Waals surface area contributed by atoms with Gasteiger partial charge in [-0.1, -0.05) is 28.1 Å². The van der Waals surface area contributed by atoms with Crippen molar-refractivity contribution < 1.29 is 9.84 Å². The van der Waals surface area contributed by atoms with Gasteiger partial charge in [0.15, 0.2) is 0 Å². The van der Waals surface area contributed by atoms with Crippen LogP contribution in [0.1, 0.15) is 17.2 Å². The van der Waals surface area contributed by atoms with Crippen LogP contribution in [-0.2, 0) is 0 Å². The molecule has 2 aromatic carbocycles. The highest BCUT2D eigenvalue weighted by Gasteiger charge is 2.09. The summed E-state index contributed by atoms with van der Waals surface area (Å²) in [5.74, 6) is 0.748. The number of halogens is 1. The van der Waals surface area contributed by atoms with Gasteiger partial charge in [0.1, 0.15) is 11.8 Å². The van der Waals surface area contributed by atoms with Gasteiger partial charge >= 0.3 is 0 Å². The van der Waals surface area contributed by atoms with E-state index in [4.69, 9.17) is 10.00 Å². The molecule has 0 spiro atoms. The normalized spacial score (nSPS) is 11.5. The minimum Gasteiger partial charge on any atom is -0.497 e. The van der Waals surface area contributed by atoms with E-state index in [2.05, 4.69) is 27.3 Å². The van der Waals surface area contributed by atoms with Gasteiger partial charge in [-0.05, 0) is 35.9 Å². The molecule has 0 aliphatic heterocycles. The molecule has 4 nitrogen and oxygen atoms in total. The first-order valence-corrected chi connectivity index (χ1v) is 7.19. The molecular formula is C16H15BrN2O2. The molecule has 0 amide bonds. The second-order valence-corrected chi connectivity index (χ2v) is 5.39. The van der Waals surface area contributed by atoms with E-state index < -0.39 is 6.10 Å². The van der Waals surface area contributed by atoms with Crippen LogP contribution in [0, 0.1) is 11.3 Å². The number of hydrogen-bond donors (Lipinski definition) is 2. The van der Waals surface area contributed by atoms with E-state index in [-0.39, 0.29) is 0 Å². The Morgan fingerprint density at radius 2 is 2.00 bits per heavy atom. The zero-order valence-electron chi connectivity index (χ0n) is 11.5. The number of methoxy groups -OCH3 is 1. The molecule has 0 heterocycles. The van der Waals surface area contributed by atoms with Crippen molar-refractivity contribution in [3.05, 3.63) is 58.1 Å². The highest BCUT2D eigenvalue weighted by Crippen LogP contribution is 2.23. The third-order valence-electron chi connectivity index (χ3n) is 3.09. The fourth-order valence-electron chi connectivity index (χ4n) is 1.91. The summed E-state index contributed by atoms with van der Waals surface area (Å²) in [7, 11) is 1.60. The molecule has 0 saturated heterocycles. The van der Waals surface area contributed by atoms with Crippen LogP contribution in [0.5, 0.6) is 5.75 Å². The van der Waals surface area contributed by atoms with Crippen LogP contribution in [0.2, 0.25) is 0 Å². The number of rotatable bonds is 5. The molecule has 2 aromatic rings. The lowest BCUT2D eigenvalue weighted by Gasteiger charge is -2.14. The highest BCUT2D eigenvalue weighted by atomic mass is 79.9. The first-order chi connectivity index (χ1) is 10.1. The van der Waals surface area contributed by atoms with Crippen molar-refractivity contribution >= 4 is 21.6 Å². The van der Waals surface area contributed by atoms with E-state index in [1.54, 1.807) is 25.3 Å². The second-order valence-electron chi connectivity index (χ2n) is 4.47. The lowest BCUT2D eigenvalue weighted by molar-refractivity contribution is 0.191. The molecule has 5 heteroatoms. The molecule has 0 aliphatic rings. The number of aliphatic hydroxyl groups is 1. The molecule has 108 valence electrons. The Balaban J connectivity index is 2.05. The maximum atomic E-state index is 10.2. The predicted octanol–water partition coefficient (Wildman–Crippen LogP) is 3.47. The Morgan fingerprint density at radius 3 is 2.62 bits per heavy atom. The van der Waals surface area contributed by atoms with Crippen molar-refractivity contribution in [2.24, 2.45) is 0 Å². The molecule has 2 rings (SSSR count). The number of nitrogens with one attached hydrogen (secondary N) is 1. The molecule has 2 N–H and O–H groups in total. The number of benzene rings is 2. The number of nitriles is 1. The highest BCUT2D eigenvalue weighted by molar-refractivity contribution is 9.10. The third kappa shape index (κ3) is 3.97. The third-order valence-corrected chi connectivity index (χ3v) is 3.58. The number of nitrogens with zero attached hydrogens (tertiary/aromatic N) is 1. The molecule has 0 aliphatic carbocycles. The van der Waals surface area contributed by atoms with Crippen LogP contribution in [0.3, 0.4) is 0 Å². The lowest BCUT2D eigenvalue weighted by Crippen LogP contribution is -2.12. The average molecular weight is 347 g/mol.